The normalized spacial score (nSPS) is 10.7. The van der Waals surface area contributed by atoms with Gasteiger partial charge in [0.1, 0.15) is 11.6 Å². The summed E-state index contributed by atoms with van der Waals surface area (Å²) in [5.41, 5.74) is 2.11. The molecule has 5 nitrogen and oxygen atoms in total. The number of imidazole rings is 1. The lowest BCUT2D eigenvalue weighted by atomic mass is 10.2. The lowest BCUT2D eigenvalue weighted by Crippen LogP contribution is -2.19. The Morgan fingerprint density at radius 3 is 2.75 bits per heavy atom. The molecule has 0 bridgehead atoms. The topological polar surface area (TPSA) is 59.2 Å². The molecule has 0 fully saturated rings. The average molecular weight is 275 g/mol. The molecule has 0 amide bonds. The molecule has 0 aliphatic heterocycles. The molecule has 0 unspecified atom stereocenters. The summed E-state index contributed by atoms with van der Waals surface area (Å²) >= 11 is 0. The summed E-state index contributed by atoms with van der Waals surface area (Å²) in [5, 5.41) is 3.25. The van der Waals surface area contributed by atoms with Gasteiger partial charge in [-0.05, 0) is 36.8 Å². The van der Waals surface area contributed by atoms with Crippen molar-refractivity contribution in [3.8, 4) is 17.0 Å². The van der Waals surface area contributed by atoms with Gasteiger partial charge < -0.3 is 19.8 Å². The Kier molecular flexibility index (Phi) is 5.58. The van der Waals surface area contributed by atoms with Crippen molar-refractivity contribution < 1.29 is 9.47 Å². The Bertz CT molecular complexity index is 508. The minimum absolute atomic E-state index is 0.681. The summed E-state index contributed by atoms with van der Waals surface area (Å²) in [6, 6.07) is 7.99. The van der Waals surface area contributed by atoms with Crippen molar-refractivity contribution in [2.24, 2.45) is 0 Å². The van der Waals surface area contributed by atoms with Gasteiger partial charge in [0.2, 0.25) is 0 Å². The molecule has 0 spiro atoms. The number of methoxy groups -OCH3 is 1. The Hall–Kier alpha value is -1.85. The minimum atomic E-state index is 0.681. The van der Waals surface area contributed by atoms with Crippen LogP contribution >= 0.6 is 0 Å². The number of ether oxygens (including phenoxy) is 2. The Labute approximate surface area is 119 Å². The van der Waals surface area contributed by atoms with Crippen LogP contribution in [0, 0.1) is 0 Å². The van der Waals surface area contributed by atoms with E-state index in [4.69, 9.17) is 9.47 Å². The van der Waals surface area contributed by atoms with Crippen molar-refractivity contribution in [3.05, 3.63) is 36.3 Å². The van der Waals surface area contributed by atoms with Gasteiger partial charge >= 0.3 is 0 Å². The number of hydrogen-bond acceptors (Lipinski definition) is 4. The van der Waals surface area contributed by atoms with Crippen LogP contribution in [0.15, 0.2) is 30.5 Å². The van der Waals surface area contributed by atoms with Crippen LogP contribution in [0.5, 0.6) is 5.75 Å². The zero-order chi connectivity index (χ0) is 14.2. The number of H-pyrrole nitrogens is 1. The standard InChI is InChI=1S/C15H21N3O2/c1-3-20-13-6-4-12(5-7-13)14-10-17-15(18-14)11-16-8-9-19-2/h4-7,10,16H,3,8-9,11H2,1-2H3,(H,17,18). The highest BCUT2D eigenvalue weighted by Gasteiger charge is 2.03. The quantitative estimate of drug-likeness (QED) is 0.725. The van der Waals surface area contributed by atoms with Gasteiger partial charge in [0.15, 0.2) is 0 Å². The molecule has 2 aromatic rings. The van der Waals surface area contributed by atoms with Crippen molar-refractivity contribution in [2.75, 3.05) is 26.9 Å². The van der Waals surface area contributed by atoms with Crippen molar-refractivity contribution in [3.63, 3.8) is 0 Å². The molecular formula is C15H21N3O2. The molecule has 2 rings (SSSR count). The number of rotatable bonds is 8. The third kappa shape index (κ3) is 4.08. The van der Waals surface area contributed by atoms with E-state index in [0.717, 1.165) is 29.4 Å². The van der Waals surface area contributed by atoms with Crippen molar-refractivity contribution in [1.29, 1.82) is 0 Å². The lowest BCUT2D eigenvalue weighted by Gasteiger charge is -2.03. The predicted molar refractivity (Wildman–Crippen MR) is 78.8 cm³/mol. The van der Waals surface area contributed by atoms with E-state index in [0.29, 0.717) is 19.8 Å². The highest BCUT2D eigenvalue weighted by Crippen LogP contribution is 2.20. The molecule has 0 radical (unpaired) electrons. The van der Waals surface area contributed by atoms with Crippen LogP contribution in [0.1, 0.15) is 12.7 Å². The zero-order valence-corrected chi connectivity index (χ0v) is 12.0. The smallest absolute Gasteiger partial charge is 0.120 e. The minimum Gasteiger partial charge on any atom is -0.494 e. The summed E-state index contributed by atoms with van der Waals surface area (Å²) in [5.74, 6) is 1.81. The number of hydrogen-bond donors (Lipinski definition) is 2. The van der Waals surface area contributed by atoms with Gasteiger partial charge in [-0.25, -0.2) is 4.98 Å². The van der Waals surface area contributed by atoms with E-state index in [1.807, 2.05) is 37.4 Å². The molecule has 0 saturated carbocycles. The Morgan fingerprint density at radius 2 is 2.05 bits per heavy atom. The molecule has 0 aliphatic rings. The van der Waals surface area contributed by atoms with E-state index in [2.05, 4.69) is 15.3 Å². The summed E-state index contributed by atoms with van der Waals surface area (Å²) in [4.78, 5) is 7.66. The second kappa shape index (κ2) is 7.67. The maximum atomic E-state index is 5.43. The molecule has 5 heteroatoms. The van der Waals surface area contributed by atoms with Crippen molar-refractivity contribution in [1.82, 2.24) is 15.3 Å². The Morgan fingerprint density at radius 1 is 1.25 bits per heavy atom. The summed E-state index contributed by atoms with van der Waals surface area (Å²) < 4.78 is 10.4. The first kappa shape index (κ1) is 14.6. The second-order valence-electron chi connectivity index (χ2n) is 4.37. The number of aromatic amines is 1. The van der Waals surface area contributed by atoms with E-state index >= 15 is 0 Å². The highest BCUT2D eigenvalue weighted by atomic mass is 16.5. The number of nitrogens with zero attached hydrogens (tertiary/aromatic N) is 1. The number of aromatic nitrogens is 2. The van der Waals surface area contributed by atoms with Gasteiger partial charge in [0.05, 0.1) is 31.6 Å². The van der Waals surface area contributed by atoms with Gasteiger partial charge in [-0.3, -0.25) is 0 Å². The third-order valence-electron chi connectivity index (χ3n) is 2.88. The maximum Gasteiger partial charge on any atom is 0.120 e. The second-order valence-corrected chi connectivity index (χ2v) is 4.37. The Balaban J connectivity index is 1.93. The molecule has 1 aromatic heterocycles. The van der Waals surface area contributed by atoms with Crippen LogP contribution in [0.3, 0.4) is 0 Å². The molecule has 20 heavy (non-hydrogen) atoms. The molecule has 108 valence electrons. The first-order chi connectivity index (χ1) is 9.83. The van der Waals surface area contributed by atoms with E-state index in [1.54, 1.807) is 7.11 Å². The zero-order valence-electron chi connectivity index (χ0n) is 12.0. The van der Waals surface area contributed by atoms with Gasteiger partial charge in [-0.15, -0.1) is 0 Å². The van der Waals surface area contributed by atoms with Crippen LogP contribution in [-0.4, -0.2) is 36.8 Å². The molecule has 0 aliphatic carbocycles. The van der Waals surface area contributed by atoms with Crippen LogP contribution in [0.4, 0.5) is 0 Å². The summed E-state index contributed by atoms with van der Waals surface area (Å²) in [6.45, 7) is 4.88. The van der Waals surface area contributed by atoms with Crippen LogP contribution in [0.2, 0.25) is 0 Å². The van der Waals surface area contributed by atoms with Crippen LogP contribution < -0.4 is 10.1 Å². The number of nitrogens with one attached hydrogen (secondary N) is 2. The van der Waals surface area contributed by atoms with E-state index in [-0.39, 0.29) is 0 Å². The molecule has 1 aromatic carbocycles. The van der Waals surface area contributed by atoms with Crippen LogP contribution in [0.25, 0.3) is 11.3 Å². The molecule has 0 saturated heterocycles. The first-order valence-electron chi connectivity index (χ1n) is 6.80. The fraction of sp³-hybridized carbons (Fsp3) is 0.400. The monoisotopic (exact) mass is 275 g/mol. The largest absolute Gasteiger partial charge is 0.494 e. The fourth-order valence-electron chi connectivity index (χ4n) is 1.88. The maximum absolute atomic E-state index is 5.43. The van der Waals surface area contributed by atoms with Gasteiger partial charge in [-0.2, -0.15) is 0 Å². The fourth-order valence-corrected chi connectivity index (χ4v) is 1.88. The molecule has 0 atom stereocenters. The van der Waals surface area contributed by atoms with E-state index in [1.165, 1.54) is 0 Å². The van der Waals surface area contributed by atoms with Gasteiger partial charge in [0, 0.05) is 13.7 Å². The molecular weight excluding hydrogens is 254 g/mol. The van der Waals surface area contributed by atoms with Gasteiger partial charge in [0.25, 0.3) is 0 Å². The predicted octanol–water partition coefficient (Wildman–Crippen LogP) is 2.21. The first-order valence-corrected chi connectivity index (χ1v) is 6.80. The van der Waals surface area contributed by atoms with Crippen LogP contribution in [-0.2, 0) is 11.3 Å². The van der Waals surface area contributed by atoms with E-state index < -0.39 is 0 Å². The molecule has 2 N–H and O–H groups in total. The SMILES string of the molecule is CCOc1ccc(-c2cnc(CNCCOC)[nH]2)cc1. The summed E-state index contributed by atoms with van der Waals surface area (Å²) in [6.07, 6.45) is 1.85. The average Bonchev–Trinajstić information content (AvgIpc) is 2.94. The van der Waals surface area contributed by atoms with Crippen molar-refractivity contribution in [2.45, 2.75) is 13.5 Å². The molecule has 1 heterocycles. The summed E-state index contributed by atoms with van der Waals surface area (Å²) in [7, 11) is 1.69. The lowest BCUT2D eigenvalue weighted by molar-refractivity contribution is 0.199. The third-order valence-corrected chi connectivity index (χ3v) is 2.88. The highest BCUT2D eigenvalue weighted by molar-refractivity contribution is 5.59. The number of benzene rings is 1. The van der Waals surface area contributed by atoms with E-state index in [9.17, 15) is 0 Å². The van der Waals surface area contributed by atoms with Crippen molar-refractivity contribution >= 4 is 0 Å². The van der Waals surface area contributed by atoms with Gasteiger partial charge in [-0.1, -0.05) is 0 Å².